The summed E-state index contributed by atoms with van der Waals surface area (Å²) in [6.07, 6.45) is 0. The quantitative estimate of drug-likeness (QED) is 0.854. The Hall–Kier alpha value is -1.11. The highest BCUT2D eigenvalue weighted by atomic mass is 32.2. The number of thioether (sulfide) groups is 1. The second-order valence-corrected chi connectivity index (χ2v) is 6.27. The molecule has 1 aliphatic heterocycles. The Balaban J connectivity index is 1.60. The molecule has 100 valence electrons. The number of carbonyl (C=O) groups excluding carboxylic acids is 1. The number of rotatable bonds is 2. The summed E-state index contributed by atoms with van der Waals surface area (Å²) in [6.45, 7) is 2.69. The third-order valence-electron chi connectivity index (χ3n) is 2.93. The van der Waals surface area contributed by atoms with E-state index in [1.807, 2.05) is 23.1 Å². The van der Waals surface area contributed by atoms with E-state index in [0.29, 0.717) is 32.1 Å². The summed E-state index contributed by atoms with van der Waals surface area (Å²) < 4.78 is 6.42. The van der Waals surface area contributed by atoms with E-state index in [-0.39, 0.29) is 5.24 Å². The summed E-state index contributed by atoms with van der Waals surface area (Å²) in [5.74, 6) is 0.648. The predicted octanol–water partition coefficient (Wildman–Crippen LogP) is 2.98. The number of carbonyl (C=O) groups is 1. The summed E-state index contributed by atoms with van der Waals surface area (Å²) >= 11 is 2.99. The topological polar surface area (TPSA) is 42.4 Å². The number of fused-ring (bicyclic) bond motifs is 1. The number of para-hydroxylation sites is 1. The molecule has 0 aliphatic carbocycles. The largest absolute Gasteiger partial charge is 0.378 e. The molecule has 0 radical (unpaired) electrons. The molecule has 1 saturated heterocycles. The van der Waals surface area contributed by atoms with Crippen LogP contribution in [0.5, 0.6) is 0 Å². The number of thiazole rings is 1. The normalized spacial score (nSPS) is 15.9. The van der Waals surface area contributed by atoms with Gasteiger partial charge in [0.2, 0.25) is 0 Å². The number of hydrogen-bond acceptors (Lipinski definition) is 5. The van der Waals surface area contributed by atoms with E-state index < -0.39 is 0 Å². The second-order valence-electron chi connectivity index (χ2n) is 4.23. The fourth-order valence-corrected chi connectivity index (χ4v) is 3.79. The van der Waals surface area contributed by atoms with Crippen LogP contribution in [0.2, 0.25) is 0 Å². The highest BCUT2D eigenvalue weighted by Crippen LogP contribution is 2.25. The lowest BCUT2D eigenvalue weighted by atomic mass is 10.3. The van der Waals surface area contributed by atoms with Crippen molar-refractivity contribution in [3.63, 3.8) is 0 Å². The van der Waals surface area contributed by atoms with E-state index in [0.717, 1.165) is 10.5 Å². The third kappa shape index (κ3) is 3.08. The molecule has 19 heavy (non-hydrogen) atoms. The van der Waals surface area contributed by atoms with E-state index in [1.54, 1.807) is 11.3 Å². The van der Waals surface area contributed by atoms with Gasteiger partial charge in [0, 0.05) is 13.1 Å². The van der Waals surface area contributed by atoms with Gasteiger partial charge in [-0.15, -0.1) is 11.3 Å². The van der Waals surface area contributed by atoms with Gasteiger partial charge < -0.3 is 9.64 Å². The lowest BCUT2D eigenvalue weighted by Crippen LogP contribution is -2.38. The Bertz CT molecular complexity index is 546. The summed E-state index contributed by atoms with van der Waals surface area (Å²) in [7, 11) is 0. The molecule has 6 heteroatoms. The number of aromatic nitrogens is 1. The number of hydrogen-bond donors (Lipinski definition) is 0. The molecule has 0 spiro atoms. The van der Waals surface area contributed by atoms with Gasteiger partial charge in [-0.25, -0.2) is 4.98 Å². The highest BCUT2D eigenvalue weighted by Gasteiger charge is 2.17. The molecule has 0 atom stereocenters. The zero-order valence-electron chi connectivity index (χ0n) is 10.4. The van der Waals surface area contributed by atoms with Crippen molar-refractivity contribution in [2.24, 2.45) is 0 Å². The van der Waals surface area contributed by atoms with Crippen molar-refractivity contribution in [3.05, 3.63) is 29.3 Å². The van der Waals surface area contributed by atoms with Gasteiger partial charge in [0.15, 0.2) is 0 Å². The zero-order chi connectivity index (χ0) is 13.1. The maximum Gasteiger partial charge on any atom is 0.282 e. The van der Waals surface area contributed by atoms with Crippen LogP contribution in [0.15, 0.2) is 24.3 Å². The summed E-state index contributed by atoms with van der Waals surface area (Å²) in [5.41, 5.74) is 1.02. The standard InChI is InChI=1S/C13H14N2O2S2/c16-13(15-5-7-17-8-6-15)18-9-12-14-10-3-1-2-4-11(10)19-12/h1-4H,5-9H2. The molecule has 2 aromatic rings. The van der Waals surface area contributed by atoms with Crippen LogP contribution in [0.4, 0.5) is 4.79 Å². The van der Waals surface area contributed by atoms with Crippen molar-refractivity contribution in [3.8, 4) is 0 Å². The molecule has 2 heterocycles. The Morgan fingerprint density at radius 1 is 1.37 bits per heavy atom. The van der Waals surface area contributed by atoms with Gasteiger partial charge in [0.25, 0.3) is 5.24 Å². The highest BCUT2D eigenvalue weighted by molar-refractivity contribution is 8.12. The van der Waals surface area contributed by atoms with Gasteiger partial charge in [-0.3, -0.25) is 4.79 Å². The Morgan fingerprint density at radius 2 is 2.16 bits per heavy atom. The average molecular weight is 294 g/mol. The lowest BCUT2D eigenvalue weighted by molar-refractivity contribution is 0.0593. The van der Waals surface area contributed by atoms with Crippen LogP contribution >= 0.6 is 23.1 Å². The Kier molecular flexibility index (Phi) is 4.00. The molecule has 0 saturated carbocycles. The van der Waals surface area contributed by atoms with E-state index in [2.05, 4.69) is 11.1 Å². The Labute approximate surface area is 119 Å². The first kappa shape index (κ1) is 12.9. The molecule has 0 unspecified atom stereocenters. The van der Waals surface area contributed by atoms with Crippen molar-refractivity contribution in [1.29, 1.82) is 0 Å². The van der Waals surface area contributed by atoms with E-state index >= 15 is 0 Å². The van der Waals surface area contributed by atoms with Gasteiger partial charge in [0.1, 0.15) is 5.01 Å². The van der Waals surface area contributed by atoms with Crippen LogP contribution in [-0.4, -0.2) is 41.4 Å². The molecule has 1 amide bonds. The van der Waals surface area contributed by atoms with Gasteiger partial charge in [-0.2, -0.15) is 0 Å². The minimum absolute atomic E-state index is 0.127. The number of nitrogens with zero attached hydrogens (tertiary/aromatic N) is 2. The smallest absolute Gasteiger partial charge is 0.282 e. The maximum absolute atomic E-state index is 12.0. The van der Waals surface area contributed by atoms with Gasteiger partial charge in [-0.1, -0.05) is 23.9 Å². The predicted molar refractivity (Wildman–Crippen MR) is 78.7 cm³/mol. The van der Waals surface area contributed by atoms with Crippen LogP contribution in [-0.2, 0) is 10.5 Å². The summed E-state index contributed by atoms with van der Waals surface area (Å²) in [6, 6.07) is 8.06. The Morgan fingerprint density at radius 3 is 2.95 bits per heavy atom. The van der Waals surface area contributed by atoms with Crippen LogP contribution in [0, 0.1) is 0 Å². The molecule has 1 aromatic carbocycles. The minimum Gasteiger partial charge on any atom is -0.378 e. The van der Waals surface area contributed by atoms with E-state index in [4.69, 9.17) is 4.74 Å². The van der Waals surface area contributed by atoms with E-state index in [9.17, 15) is 4.79 Å². The molecule has 3 rings (SSSR count). The van der Waals surface area contributed by atoms with Crippen LogP contribution in [0.3, 0.4) is 0 Å². The third-order valence-corrected chi connectivity index (χ3v) is 5.07. The SMILES string of the molecule is O=C(SCc1nc2ccccc2s1)N1CCOCC1. The number of morpholine rings is 1. The zero-order valence-corrected chi connectivity index (χ0v) is 12.0. The first-order valence-corrected chi connectivity index (χ1v) is 7.97. The van der Waals surface area contributed by atoms with Gasteiger partial charge in [-0.05, 0) is 12.1 Å². The van der Waals surface area contributed by atoms with E-state index in [1.165, 1.54) is 16.5 Å². The molecule has 1 aliphatic rings. The van der Waals surface area contributed by atoms with Crippen LogP contribution in [0.25, 0.3) is 10.2 Å². The minimum atomic E-state index is 0.127. The van der Waals surface area contributed by atoms with Crippen molar-refractivity contribution in [1.82, 2.24) is 9.88 Å². The monoisotopic (exact) mass is 294 g/mol. The first-order chi connectivity index (χ1) is 9.33. The molecule has 4 nitrogen and oxygen atoms in total. The first-order valence-electron chi connectivity index (χ1n) is 6.17. The number of benzene rings is 1. The summed E-state index contributed by atoms with van der Waals surface area (Å²) in [4.78, 5) is 18.4. The fourth-order valence-electron chi connectivity index (χ4n) is 1.94. The lowest BCUT2D eigenvalue weighted by Gasteiger charge is -2.26. The molecule has 1 fully saturated rings. The van der Waals surface area contributed by atoms with Crippen molar-refractivity contribution >= 4 is 38.6 Å². The van der Waals surface area contributed by atoms with Crippen LogP contribution < -0.4 is 0 Å². The molecular weight excluding hydrogens is 280 g/mol. The molecule has 0 bridgehead atoms. The number of amides is 1. The average Bonchev–Trinajstić information content (AvgIpc) is 2.88. The fraction of sp³-hybridized carbons (Fsp3) is 0.385. The maximum atomic E-state index is 12.0. The van der Waals surface area contributed by atoms with Crippen molar-refractivity contribution < 1.29 is 9.53 Å². The second kappa shape index (κ2) is 5.90. The number of ether oxygens (including phenoxy) is 1. The van der Waals surface area contributed by atoms with Crippen molar-refractivity contribution in [2.45, 2.75) is 5.75 Å². The molecule has 0 N–H and O–H groups in total. The summed E-state index contributed by atoms with van der Waals surface area (Å²) in [5, 5.41) is 1.13. The molecular formula is C13H14N2O2S2. The molecule has 1 aromatic heterocycles. The van der Waals surface area contributed by atoms with Crippen LogP contribution in [0.1, 0.15) is 5.01 Å². The van der Waals surface area contributed by atoms with Gasteiger partial charge >= 0.3 is 0 Å². The van der Waals surface area contributed by atoms with Crippen molar-refractivity contribution in [2.75, 3.05) is 26.3 Å². The van der Waals surface area contributed by atoms with Gasteiger partial charge in [0.05, 0.1) is 29.2 Å².